The van der Waals surface area contributed by atoms with E-state index in [2.05, 4.69) is 20.9 Å². The van der Waals surface area contributed by atoms with Crippen molar-refractivity contribution in [1.82, 2.24) is 4.98 Å². The highest BCUT2D eigenvalue weighted by Gasteiger charge is 2.24. The predicted molar refractivity (Wildman–Crippen MR) is 43.8 cm³/mol. The zero-order valence-corrected chi connectivity index (χ0v) is 8.06. The molecule has 0 atom stereocenters. The molecule has 0 aliphatic rings. The molecule has 1 N–H and O–H groups in total. The quantitative estimate of drug-likeness (QED) is 0.840. The van der Waals surface area contributed by atoms with Crippen molar-refractivity contribution in [3.05, 3.63) is 27.7 Å². The van der Waals surface area contributed by atoms with Crippen LogP contribution in [0, 0.1) is 5.82 Å². The van der Waals surface area contributed by atoms with E-state index in [9.17, 15) is 18.0 Å². The summed E-state index contributed by atoms with van der Waals surface area (Å²) < 4.78 is 37.1. The molecule has 0 fully saturated rings. The summed E-state index contributed by atoms with van der Waals surface area (Å²) >= 11 is 2.60. The Hall–Kier alpha value is -1.11. The minimum atomic E-state index is -3.07. The van der Waals surface area contributed by atoms with Crippen LogP contribution in [0.5, 0.6) is 0 Å². The number of carboxylic acids is 1. The van der Waals surface area contributed by atoms with Gasteiger partial charge in [0.1, 0.15) is 10.2 Å². The van der Waals surface area contributed by atoms with Crippen molar-refractivity contribution >= 4 is 21.9 Å². The lowest BCUT2D eigenvalue weighted by atomic mass is 10.1. The number of pyridine rings is 1. The standard InChI is InChI=1S/C7H3BrF3NO2/c8-5-4(9)3(7(13)14)2(1-12-5)6(10)11/h1,6H,(H,13,14). The molecule has 0 unspecified atom stereocenters. The van der Waals surface area contributed by atoms with Crippen molar-refractivity contribution in [2.75, 3.05) is 0 Å². The Balaban J connectivity index is 3.45. The van der Waals surface area contributed by atoms with Gasteiger partial charge in [0.15, 0.2) is 5.82 Å². The maximum atomic E-state index is 13.0. The molecule has 0 spiro atoms. The van der Waals surface area contributed by atoms with Crippen LogP contribution in [0.4, 0.5) is 13.2 Å². The van der Waals surface area contributed by atoms with Gasteiger partial charge in [0.25, 0.3) is 6.43 Å². The zero-order chi connectivity index (χ0) is 10.9. The van der Waals surface area contributed by atoms with Crippen LogP contribution in [0.25, 0.3) is 0 Å². The van der Waals surface area contributed by atoms with Gasteiger partial charge in [-0.2, -0.15) is 0 Å². The van der Waals surface area contributed by atoms with E-state index in [0.717, 1.165) is 0 Å². The molecule has 3 nitrogen and oxygen atoms in total. The molecule has 1 rings (SSSR count). The van der Waals surface area contributed by atoms with Crippen LogP contribution in [-0.2, 0) is 0 Å². The van der Waals surface area contributed by atoms with E-state index in [-0.39, 0.29) is 0 Å². The van der Waals surface area contributed by atoms with Gasteiger partial charge in [0.2, 0.25) is 0 Å². The molecular weight excluding hydrogens is 267 g/mol. The van der Waals surface area contributed by atoms with E-state index in [4.69, 9.17) is 5.11 Å². The van der Waals surface area contributed by atoms with Crippen molar-refractivity contribution in [1.29, 1.82) is 0 Å². The summed E-state index contributed by atoms with van der Waals surface area (Å²) in [5, 5.41) is 8.50. The first kappa shape index (κ1) is 11.0. The third-order valence-electron chi connectivity index (χ3n) is 1.46. The molecule has 0 saturated heterocycles. The van der Waals surface area contributed by atoms with Gasteiger partial charge in [-0.1, -0.05) is 0 Å². The minimum Gasteiger partial charge on any atom is -0.478 e. The number of hydrogen-bond acceptors (Lipinski definition) is 2. The monoisotopic (exact) mass is 269 g/mol. The number of aromatic nitrogens is 1. The molecule has 0 aliphatic carbocycles. The van der Waals surface area contributed by atoms with Crippen molar-refractivity contribution in [2.24, 2.45) is 0 Å². The van der Waals surface area contributed by atoms with Gasteiger partial charge in [0, 0.05) is 6.20 Å². The second kappa shape index (κ2) is 3.95. The number of hydrogen-bond donors (Lipinski definition) is 1. The van der Waals surface area contributed by atoms with Crippen LogP contribution >= 0.6 is 15.9 Å². The fourth-order valence-electron chi connectivity index (χ4n) is 0.860. The zero-order valence-electron chi connectivity index (χ0n) is 6.47. The van der Waals surface area contributed by atoms with Crippen molar-refractivity contribution in [2.45, 2.75) is 6.43 Å². The van der Waals surface area contributed by atoms with E-state index < -0.39 is 33.9 Å². The number of rotatable bonds is 2. The summed E-state index contributed by atoms with van der Waals surface area (Å²) in [5.74, 6) is -3.05. The number of alkyl halides is 2. The highest BCUT2D eigenvalue weighted by Crippen LogP contribution is 2.27. The lowest BCUT2D eigenvalue weighted by molar-refractivity contribution is 0.0678. The van der Waals surface area contributed by atoms with Crippen molar-refractivity contribution in [3.63, 3.8) is 0 Å². The lowest BCUT2D eigenvalue weighted by Gasteiger charge is -2.05. The molecule has 76 valence electrons. The molecule has 1 aromatic rings. The fraction of sp³-hybridized carbons (Fsp3) is 0.143. The summed E-state index contributed by atoms with van der Waals surface area (Å²) in [7, 11) is 0. The highest BCUT2D eigenvalue weighted by molar-refractivity contribution is 9.10. The van der Waals surface area contributed by atoms with Crippen LogP contribution in [0.15, 0.2) is 10.8 Å². The topological polar surface area (TPSA) is 50.2 Å². The van der Waals surface area contributed by atoms with E-state index in [1.165, 1.54) is 0 Å². The van der Waals surface area contributed by atoms with E-state index in [1.807, 2.05) is 0 Å². The maximum absolute atomic E-state index is 13.0. The first-order valence-corrected chi connectivity index (χ1v) is 4.09. The van der Waals surface area contributed by atoms with Gasteiger partial charge in [-0.15, -0.1) is 0 Å². The van der Waals surface area contributed by atoms with Gasteiger partial charge in [-0.05, 0) is 15.9 Å². The third-order valence-corrected chi connectivity index (χ3v) is 2.01. The average Bonchev–Trinajstić information content (AvgIpc) is 2.08. The Morgan fingerprint density at radius 1 is 1.57 bits per heavy atom. The number of carboxylic acid groups (broad SMARTS) is 1. The Morgan fingerprint density at radius 3 is 2.57 bits per heavy atom. The highest BCUT2D eigenvalue weighted by atomic mass is 79.9. The van der Waals surface area contributed by atoms with E-state index in [0.29, 0.717) is 6.20 Å². The Labute approximate surface area is 84.7 Å². The van der Waals surface area contributed by atoms with Gasteiger partial charge in [-0.25, -0.2) is 22.9 Å². The Kier molecular flexibility index (Phi) is 3.10. The summed E-state index contributed by atoms with van der Waals surface area (Å²) in [5.41, 5.74) is -1.99. The second-order valence-corrected chi connectivity index (χ2v) is 3.05. The van der Waals surface area contributed by atoms with Gasteiger partial charge in [-0.3, -0.25) is 0 Å². The van der Waals surface area contributed by atoms with E-state index >= 15 is 0 Å². The number of halogens is 4. The van der Waals surface area contributed by atoms with Gasteiger partial charge < -0.3 is 5.11 Å². The summed E-state index contributed by atoms with van der Waals surface area (Å²) in [6.45, 7) is 0. The number of aromatic carboxylic acids is 1. The third kappa shape index (κ3) is 1.87. The Morgan fingerprint density at radius 2 is 2.14 bits per heavy atom. The van der Waals surface area contributed by atoms with Gasteiger partial charge in [0.05, 0.1) is 5.56 Å². The Bertz CT molecular complexity index is 383. The van der Waals surface area contributed by atoms with Crippen molar-refractivity contribution < 1.29 is 23.1 Å². The minimum absolute atomic E-state index is 0.403. The van der Waals surface area contributed by atoms with Crippen LogP contribution in [0.1, 0.15) is 22.3 Å². The first-order chi connectivity index (χ1) is 6.45. The smallest absolute Gasteiger partial charge is 0.339 e. The normalized spacial score (nSPS) is 10.6. The van der Waals surface area contributed by atoms with Gasteiger partial charge >= 0.3 is 5.97 Å². The number of carbonyl (C=O) groups is 1. The lowest BCUT2D eigenvalue weighted by Crippen LogP contribution is -2.08. The molecule has 0 aliphatic heterocycles. The largest absolute Gasteiger partial charge is 0.478 e. The average molecular weight is 270 g/mol. The van der Waals surface area contributed by atoms with Crippen LogP contribution < -0.4 is 0 Å². The maximum Gasteiger partial charge on any atom is 0.339 e. The molecular formula is C7H3BrF3NO2. The molecule has 7 heteroatoms. The summed E-state index contributed by atoms with van der Waals surface area (Å²) in [6.07, 6.45) is -2.45. The van der Waals surface area contributed by atoms with Crippen LogP contribution in [-0.4, -0.2) is 16.1 Å². The molecule has 1 aromatic heterocycles. The van der Waals surface area contributed by atoms with E-state index in [1.54, 1.807) is 0 Å². The van der Waals surface area contributed by atoms with Crippen molar-refractivity contribution in [3.8, 4) is 0 Å². The predicted octanol–water partition coefficient (Wildman–Crippen LogP) is 2.62. The molecule has 0 aromatic carbocycles. The molecule has 14 heavy (non-hydrogen) atoms. The molecule has 1 heterocycles. The number of nitrogens with zero attached hydrogens (tertiary/aromatic N) is 1. The molecule has 0 radical (unpaired) electrons. The summed E-state index contributed by atoms with van der Waals surface area (Å²) in [6, 6.07) is 0. The SMILES string of the molecule is O=C(O)c1c(C(F)F)cnc(Br)c1F. The summed E-state index contributed by atoms with van der Waals surface area (Å²) in [4.78, 5) is 13.7. The molecule has 0 bridgehead atoms. The van der Waals surface area contributed by atoms with Crippen LogP contribution in [0.3, 0.4) is 0 Å². The fourth-order valence-corrected chi connectivity index (χ4v) is 1.16. The molecule has 0 saturated carbocycles. The first-order valence-electron chi connectivity index (χ1n) is 3.30. The second-order valence-electron chi connectivity index (χ2n) is 2.30. The molecule has 0 amide bonds. The van der Waals surface area contributed by atoms with Crippen LogP contribution in [0.2, 0.25) is 0 Å².